The summed E-state index contributed by atoms with van der Waals surface area (Å²) in [5.41, 5.74) is 8.30. The number of piperidine rings is 1. The van der Waals surface area contributed by atoms with Gasteiger partial charge < -0.3 is 5.73 Å². The molecule has 0 unspecified atom stereocenters. The van der Waals surface area contributed by atoms with Crippen molar-refractivity contribution in [1.29, 1.82) is 0 Å². The lowest BCUT2D eigenvalue weighted by Gasteiger charge is -2.27. The van der Waals surface area contributed by atoms with Gasteiger partial charge in [0.1, 0.15) is 0 Å². The van der Waals surface area contributed by atoms with Gasteiger partial charge in [-0.2, -0.15) is 0 Å². The Morgan fingerprint density at radius 2 is 1.76 bits per heavy atom. The summed E-state index contributed by atoms with van der Waals surface area (Å²) in [4.78, 5) is 3.11. The fourth-order valence-electron chi connectivity index (χ4n) is 2.43. The molecular weight excluding hydrogens is 228 g/mol. The molecule has 1 aliphatic heterocycles. The fourth-order valence-corrected chi connectivity index (χ4v) is 2.59. The van der Waals surface area contributed by atoms with Gasteiger partial charge in [0.05, 0.1) is 4.99 Å². The first-order valence-corrected chi connectivity index (χ1v) is 6.74. The molecule has 0 amide bonds. The van der Waals surface area contributed by atoms with E-state index in [4.69, 9.17) is 18.0 Å². The van der Waals surface area contributed by atoms with Gasteiger partial charge in [0.25, 0.3) is 0 Å². The van der Waals surface area contributed by atoms with Gasteiger partial charge in [-0.15, -0.1) is 0 Å². The molecule has 0 aromatic heterocycles. The minimum absolute atomic E-state index is 0.580. The highest BCUT2D eigenvalue weighted by Gasteiger charge is 2.12. The van der Waals surface area contributed by atoms with E-state index in [1.54, 1.807) is 0 Å². The second kappa shape index (κ2) is 6.12. The summed E-state index contributed by atoms with van der Waals surface area (Å²) in [6.45, 7) is 3.49. The van der Waals surface area contributed by atoms with Crippen LogP contribution < -0.4 is 5.73 Å². The first kappa shape index (κ1) is 12.5. The van der Waals surface area contributed by atoms with Crippen molar-refractivity contribution in [2.75, 3.05) is 13.1 Å². The summed E-state index contributed by atoms with van der Waals surface area (Å²) < 4.78 is 0. The van der Waals surface area contributed by atoms with Gasteiger partial charge in [0.15, 0.2) is 0 Å². The lowest BCUT2D eigenvalue weighted by atomic mass is 10.0. The SMILES string of the molecule is NC(=S)Cc1ccccc1CN1CCCCC1. The normalized spacial score (nSPS) is 16.9. The van der Waals surface area contributed by atoms with Gasteiger partial charge in [-0.3, -0.25) is 4.90 Å². The molecule has 1 aromatic carbocycles. The Balaban J connectivity index is 2.05. The number of nitrogens with two attached hydrogens (primary N) is 1. The van der Waals surface area contributed by atoms with Crippen LogP contribution in [-0.2, 0) is 13.0 Å². The molecule has 1 saturated heterocycles. The van der Waals surface area contributed by atoms with Gasteiger partial charge in [0, 0.05) is 13.0 Å². The number of hydrogen-bond acceptors (Lipinski definition) is 2. The van der Waals surface area contributed by atoms with Crippen LogP contribution in [0.5, 0.6) is 0 Å². The number of likely N-dealkylation sites (tertiary alicyclic amines) is 1. The molecule has 3 heteroatoms. The summed E-state index contributed by atoms with van der Waals surface area (Å²) in [5, 5.41) is 0. The van der Waals surface area contributed by atoms with E-state index >= 15 is 0 Å². The number of benzene rings is 1. The predicted octanol–water partition coefficient (Wildman–Crippen LogP) is 2.50. The molecule has 2 nitrogen and oxygen atoms in total. The first-order chi connectivity index (χ1) is 8.25. The first-order valence-electron chi connectivity index (χ1n) is 6.33. The number of thiocarbonyl (C=S) groups is 1. The molecule has 0 spiro atoms. The van der Waals surface area contributed by atoms with Crippen molar-refractivity contribution >= 4 is 17.2 Å². The maximum Gasteiger partial charge on any atom is 0.0771 e. The van der Waals surface area contributed by atoms with E-state index in [0.717, 1.165) is 13.0 Å². The van der Waals surface area contributed by atoms with E-state index in [0.29, 0.717) is 4.99 Å². The molecule has 0 radical (unpaired) electrons. The van der Waals surface area contributed by atoms with Gasteiger partial charge in [-0.1, -0.05) is 42.9 Å². The summed E-state index contributed by atoms with van der Waals surface area (Å²) in [5.74, 6) is 0. The third-order valence-electron chi connectivity index (χ3n) is 3.33. The third kappa shape index (κ3) is 3.79. The molecule has 1 aliphatic rings. The number of nitrogens with zero attached hydrogens (tertiary/aromatic N) is 1. The van der Waals surface area contributed by atoms with Gasteiger partial charge >= 0.3 is 0 Å². The Kier molecular flexibility index (Phi) is 4.51. The molecule has 1 aromatic rings. The lowest BCUT2D eigenvalue weighted by Crippen LogP contribution is -2.29. The van der Waals surface area contributed by atoms with E-state index in [-0.39, 0.29) is 0 Å². The quantitative estimate of drug-likeness (QED) is 0.830. The molecule has 92 valence electrons. The molecular formula is C14H20N2S. The van der Waals surface area contributed by atoms with E-state index in [1.165, 1.54) is 43.5 Å². The molecule has 2 rings (SSSR count). The minimum Gasteiger partial charge on any atom is -0.393 e. The van der Waals surface area contributed by atoms with E-state index < -0.39 is 0 Å². The van der Waals surface area contributed by atoms with Gasteiger partial charge in [0.2, 0.25) is 0 Å². The smallest absolute Gasteiger partial charge is 0.0771 e. The summed E-state index contributed by atoms with van der Waals surface area (Å²) in [7, 11) is 0. The van der Waals surface area contributed by atoms with Crippen LogP contribution in [0.15, 0.2) is 24.3 Å². The lowest BCUT2D eigenvalue weighted by molar-refractivity contribution is 0.220. The van der Waals surface area contributed by atoms with Crippen molar-refractivity contribution < 1.29 is 0 Å². The highest BCUT2D eigenvalue weighted by molar-refractivity contribution is 7.80. The molecule has 17 heavy (non-hydrogen) atoms. The van der Waals surface area contributed by atoms with Gasteiger partial charge in [-0.25, -0.2) is 0 Å². The van der Waals surface area contributed by atoms with Crippen molar-refractivity contribution in [1.82, 2.24) is 4.90 Å². The summed E-state index contributed by atoms with van der Waals surface area (Å²) in [6.07, 6.45) is 4.76. The third-order valence-corrected chi connectivity index (χ3v) is 3.47. The highest BCUT2D eigenvalue weighted by atomic mass is 32.1. The van der Waals surface area contributed by atoms with Crippen LogP contribution in [0.25, 0.3) is 0 Å². The monoisotopic (exact) mass is 248 g/mol. The van der Waals surface area contributed by atoms with Crippen LogP contribution in [0.2, 0.25) is 0 Å². The highest BCUT2D eigenvalue weighted by Crippen LogP contribution is 2.16. The van der Waals surface area contributed by atoms with E-state index in [2.05, 4.69) is 29.2 Å². The van der Waals surface area contributed by atoms with Crippen LogP contribution >= 0.6 is 12.2 Å². The second-order valence-corrected chi connectivity index (χ2v) is 5.27. The molecule has 2 N–H and O–H groups in total. The van der Waals surface area contributed by atoms with Crippen LogP contribution in [0.3, 0.4) is 0 Å². The Bertz CT molecular complexity index is 384. The minimum atomic E-state index is 0.580. The Morgan fingerprint density at radius 3 is 2.41 bits per heavy atom. The Hall–Kier alpha value is -0.930. The topological polar surface area (TPSA) is 29.3 Å². The van der Waals surface area contributed by atoms with Crippen LogP contribution in [0.4, 0.5) is 0 Å². The van der Waals surface area contributed by atoms with Crippen LogP contribution in [0, 0.1) is 0 Å². The molecule has 0 saturated carbocycles. The van der Waals surface area contributed by atoms with Crippen molar-refractivity contribution in [2.24, 2.45) is 5.73 Å². The molecule has 0 atom stereocenters. The molecule has 1 heterocycles. The summed E-state index contributed by atoms with van der Waals surface area (Å²) >= 11 is 5.01. The maximum absolute atomic E-state index is 5.64. The largest absolute Gasteiger partial charge is 0.393 e. The van der Waals surface area contributed by atoms with Crippen molar-refractivity contribution in [3.8, 4) is 0 Å². The summed E-state index contributed by atoms with van der Waals surface area (Å²) in [6, 6.07) is 8.50. The fraction of sp³-hybridized carbons (Fsp3) is 0.500. The number of hydrogen-bond donors (Lipinski definition) is 1. The number of rotatable bonds is 4. The average Bonchev–Trinajstić information content (AvgIpc) is 2.32. The zero-order chi connectivity index (χ0) is 12.1. The average molecular weight is 248 g/mol. The van der Waals surface area contributed by atoms with E-state index in [9.17, 15) is 0 Å². The second-order valence-electron chi connectivity index (χ2n) is 4.75. The van der Waals surface area contributed by atoms with Crippen LogP contribution in [0.1, 0.15) is 30.4 Å². The van der Waals surface area contributed by atoms with Crippen LogP contribution in [-0.4, -0.2) is 23.0 Å². The zero-order valence-electron chi connectivity index (χ0n) is 10.2. The zero-order valence-corrected chi connectivity index (χ0v) is 11.0. The molecule has 1 fully saturated rings. The van der Waals surface area contributed by atoms with Crippen molar-refractivity contribution in [2.45, 2.75) is 32.2 Å². The predicted molar refractivity (Wildman–Crippen MR) is 76.1 cm³/mol. The Labute approximate surface area is 109 Å². The standard InChI is InChI=1S/C14H20N2S/c15-14(17)10-12-6-2-3-7-13(12)11-16-8-4-1-5-9-16/h2-3,6-7H,1,4-5,8-11H2,(H2,15,17). The molecule has 0 bridgehead atoms. The Morgan fingerprint density at radius 1 is 1.12 bits per heavy atom. The van der Waals surface area contributed by atoms with Gasteiger partial charge in [-0.05, 0) is 37.1 Å². The maximum atomic E-state index is 5.64. The molecule has 0 aliphatic carbocycles. The van der Waals surface area contributed by atoms with Crippen molar-refractivity contribution in [3.05, 3.63) is 35.4 Å². The van der Waals surface area contributed by atoms with Crippen molar-refractivity contribution in [3.63, 3.8) is 0 Å². The van der Waals surface area contributed by atoms with E-state index in [1.807, 2.05) is 0 Å².